The van der Waals surface area contributed by atoms with Crippen LogP contribution in [-0.2, 0) is 3.42 Å². The summed E-state index contributed by atoms with van der Waals surface area (Å²) in [5.74, 6) is 0.754. The zero-order valence-corrected chi connectivity index (χ0v) is 8.97. The fourth-order valence-corrected chi connectivity index (χ4v) is 1.24. The van der Waals surface area contributed by atoms with Crippen LogP contribution in [0.2, 0.25) is 0 Å². The molecule has 62 valence electrons. The van der Waals surface area contributed by atoms with E-state index in [4.69, 9.17) is 4.74 Å². The lowest BCUT2D eigenvalue weighted by molar-refractivity contribution is 0.390. The molecule has 1 aromatic rings. The van der Waals surface area contributed by atoms with Crippen molar-refractivity contribution in [3.63, 3.8) is 0 Å². The summed E-state index contributed by atoms with van der Waals surface area (Å²) < 4.78 is 5.15. The molecule has 0 bridgehead atoms. The van der Waals surface area contributed by atoms with Gasteiger partial charge in [-0.05, 0) is 13.8 Å². The van der Waals surface area contributed by atoms with E-state index in [0.29, 0.717) is 0 Å². The van der Waals surface area contributed by atoms with Crippen LogP contribution in [0.1, 0.15) is 19.4 Å². The fraction of sp³-hybridized carbons (Fsp3) is 0.571. The van der Waals surface area contributed by atoms with Gasteiger partial charge in [0.15, 0.2) is 0 Å². The highest BCUT2D eigenvalue weighted by atomic mass is 127. The molecule has 3 nitrogen and oxygen atoms in total. The van der Waals surface area contributed by atoms with Gasteiger partial charge in [-0.15, -0.1) is 0 Å². The van der Waals surface area contributed by atoms with Crippen LogP contribution in [-0.4, -0.2) is 17.3 Å². The van der Waals surface area contributed by atoms with E-state index in [1.165, 1.54) is 0 Å². The largest absolute Gasteiger partial charge is 0.481 e. The minimum atomic E-state index is 0.0656. The molecular formula is C7H11IN2O. The lowest BCUT2D eigenvalue weighted by atomic mass is 10.1. The van der Waals surface area contributed by atoms with Crippen molar-refractivity contribution < 1.29 is 4.74 Å². The minimum Gasteiger partial charge on any atom is -0.481 e. The number of rotatable bonds is 2. The Morgan fingerprint density at radius 3 is 2.64 bits per heavy atom. The SMILES string of the molecule is COc1[nH]ncc1C(C)(C)I. The standard InChI is InChI=1S/C7H11IN2O/c1-7(2,8)5-4-9-10-6(5)11-3/h4H,1-3H3,(H,9,10). The van der Waals surface area contributed by atoms with Gasteiger partial charge in [0.05, 0.1) is 13.3 Å². The zero-order chi connectivity index (χ0) is 8.48. The Labute approximate surface area is 79.7 Å². The lowest BCUT2D eigenvalue weighted by Gasteiger charge is -2.14. The second-order valence-corrected chi connectivity index (χ2v) is 5.49. The molecule has 0 spiro atoms. The number of halogens is 1. The highest BCUT2D eigenvalue weighted by Crippen LogP contribution is 2.35. The maximum Gasteiger partial charge on any atom is 0.213 e. The summed E-state index contributed by atoms with van der Waals surface area (Å²) in [6.45, 7) is 4.22. The summed E-state index contributed by atoms with van der Waals surface area (Å²) in [5, 5.41) is 6.69. The second-order valence-electron chi connectivity index (χ2n) is 2.79. The van der Waals surface area contributed by atoms with Crippen molar-refractivity contribution in [1.82, 2.24) is 10.2 Å². The molecule has 0 atom stereocenters. The van der Waals surface area contributed by atoms with E-state index in [9.17, 15) is 0 Å². The van der Waals surface area contributed by atoms with Crippen LogP contribution in [0.25, 0.3) is 0 Å². The van der Waals surface area contributed by atoms with Gasteiger partial charge >= 0.3 is 0 Å². The van der Waals surface area contributed by atoms with Gasteiger partial charge < -0.3 is 4.74 Å². The molecule has 0 aliphatic heterocycles. The molecule has 1 aromatic heterocycles. The molecule has 11 heavy (non-hydrogen) atoms. The number of nitrogens with zero attached hydrogens (tertiary/aromatic N) is 1. The molecule has 0 fully saturated rings. The molecule has 0 amide bonds. The Morgan fingerprint density at radius 2 is 2.27 bits per heavy atom. The van der Waals surface area contributed by atoms with Crippen molar-refractivity contribution in [2.24, 2.45) is 0 Å². The third kappa shape index (κ3) is 1.85. The summed E-state index contributed by atoms with van der Waals surface area (Å²) in [6, 6.07) is 0. The van der Waals surface area contributed by atoms with E-state index in [2.05, 4.69) is 46.6 Å². The molecule has 0 saturated carbocycles. The van der Waals surface area contributed by atoms with Crippen molar-refractivity contribution in [3.05, 3.63) is 11.8 Å². The van der Waals surface area contributed by atoms with E-state index >= 15 is 0 Å². The molecule has 0 saturated heterocycles. The van der Waals surface area contributed by atoms with Crippen LogP contribution in [0.4, 0.5) is 0 Å². The number of alkyl halides is 1. The Kier molecular flexibility index (Phi) is 2.41. The summed E-state index contributed by atoms with van der Waals surface area (Å²) in [7, 11) is 1.64. The number of ether oxygens (including phenoxy) is 1. The predicted octanol–water partition coefficient (Wildman–Crippen LogP) is 2.09. The smallest absolute Gasteiger partial charge is 0.213 e. The predicted molar refractivity (Wildman–Crippen MR) is 52.2 cm³/mol. The summed E-state index contributed by atoms with van der Waals surface area (Å²) in [4.78, 5) is 0. The van der Waals surface area contributed by atoms with Crippen LogP contribution in [0.5, 0.6) is 5.88 Å². The van der Waals surface area contributed by atoms with Crippen LogP contribution in [0.3, 0.4) is 0 Å². The molecule has 0 aliphatic carbocycles. The maximum atomic E-state index is 5.09. The van der Waals surface area contributed by atoms with Crippen LogP contribution >= 0.6 is 22.6 Å². The average molecular weight is 266 g/mol. The topological polar surface area (TPSA) is 37.9 Å². The van der Waals surface area contributed by atoms with Crippen LogP contribution < -0.4 is 4.74 Å². The lowest BCUT2D eigenvalue weighted by Crippen LogP contribution is -2.06. The Balaban J connectivity index is 3.02. The number of aromatic nitrogens is 2. The molecule has 4 heteroatoms. The molecule has 0 unspecified atom stereocenters. The monoisotopic (exact) mass is 266 g/mol. The fourth-order valence-electron chi connectivity index (χ4n) is 0.853. The first-order chi connectivity index (χ1) is 5.05. The van der Waals surface area contributed by atoms with Gasteiger partial charge in [0, 0.05) is 8.99 Å². The van der Waals surface area contributed by atoms with Crippen molar-refractivity contribution >= 4 is 22.6 Å². The number of methoxy groups -OCH3 is 1. The third-order valence-corrected chi connectivity index (χ3v) is 2.03. The molecule has 1 heterocycles. The Hall–Kier alpha value is -0.260. The van der Waals surface area contributed by atoms with Crippen molar-refractivity contribution in [2.75, 3.05) is 7.11 Å². The number of H-pyrrole nitrogens is 1. The van der Waals surface area contributed by atoms with Crippen molar-refractivity contribution in [2.45, 2.75) is 17.3 Å². The highest BCUT2D eigenvalue weighted by molar-refractivity contribution is 14.1. The van der Waals surface area contributed by atoms with Crippen molar-refractivity contribution in [1.29, 1.82) is 0 Å². The summed E-state index contributed by atoms with van der Waals surface area (Å²) in [6.07, 6.45) is 1.80. The van der Waals surface area contributed by atoms with Gasteiger partial charge in [0.2, 0.25) is 5.88 Å². The van der Waals surface area contributed by atoms with E-state index in [1.807, 2.05) is 0 Å². The van der Waals surface area contributed by atoms with E-state index < -0.39 is 0 Å². The Bertz CT molecular complexity index is 239. The average Bonchev–Trinajstić information content (AvgIpc) is 2.31. The maximum absolute atomic E-state index is 5.09. The normalized spacial score (nSPS) is 11.6. The van der Waals surface area contributed by atoms with Gasteiger partial charge in [-0.25, -0.2) is 5.10 Å². The molecule has 0 radical (unpaired) electrons. The van der Waals surface area contributed by atoms with Gasteiger partial charge in [-0.3, -0.25) is 0 Å². The van der Waals surface area contributed by atoms with E-state index in [1.54, 1.807) is 13.3 Å². The minimum absolute atomic E-state index is 0.0656. The van der Waals surface area contributed by atoms with Crippen molar-refractivity contribution in [3.8, 4) is 5.88 Å². The molecule has 1 rings (SSSR count). The third-order valence-electron chi connectivity index (χ3n) is 1.45. The number of hydrogen-bond acceptors (Lipinski definition) is 2. The first-order valence-electron chi connectivity index (χ1n) is 3.32. The number of nitrogens with one attached hydrogen (secondary N) is 1. The number of hydrogen-bond donors (Lipinski definition) is 1. The zero-order valence-electron chi connectivity index (χ0n) is 6.81. The summed E-state index contributed by atoms with van der Waals surface area (Å²) >= 11 is 2.35. The van der Waals surface area contributed by atoms with E-state index in [0.717, 1.165) is 11.4 Å². The van der Waals surface area contributed by atoms with Gasteiger partial charge in [0.1, 0.15) is 0 Å². The van der Waals surface area contributed by atoms with E-state index in [-0.39, 0.29) is 3.42 Å². The molecule has 1 N–H and O–H groups in total. The van der Waals surface area contributed by atoms with Crippen LogP contribution in [0.15, 0.2) is 6.20 Å². The van der Waals surface area contributed by atoms with Gasteiger partial charge in [0.25, 0.3) is 0 Å². The number of aromatic amines is 1. The van der Waals surface area contributed by atoms with Crippen LogP contribution in [0, 0.1) is 0 Å². The first kappa shape index (κ1) is 8.83. The highest BCUT2D eigenvalue weighted by Gasteiger charge is 2.21. The second kappa shape index (κ2) is 3.00. The van der Waals surface area contributed by atoms with Gasteiger partial charge in [-0.2, -0.15) is 5.10 Å². The molecular weight excluding hydrogens is 255 g/mol. The summed E-state index contributed by atoms with van der Waals surface area (Å²) in [5.41, 5.74) is 1.10. The Morgan fingerprint density at radius 1 is 1.64 bits per heavy atom. The molecule has 0 aromatic carbocycles. The van der Waals surface area contributed by atoms with Gasteiger partial charge in [-0.1, -0.05) is 22.6 Å². The molecule has 0 aliphatic rings. The quantitative estimate of drug-likeness (QED) is 0.657. The first-order valence-corrected chi connectivity index (χ1v) is 4.40.